The number of nitrogens with one attached hydrogen (secondary N) is 1. The average molecular weight is 430 g/mol. The normalized spacial score (nSPS) is 11.4. The van der Waals surface area contributed by atoms with Gasteiger partial charge in [0.05, 0.1) is 16.7 Å². The minimum atomic E-state index is 0.791. The number of thioether (sulfide) groups is 3. The number of aromatic amines is 1. The molecular formula is C18H19N7S3. The summed E-state index contributed by atoms with van der Waals surface area (Å²) < 4.78 is 1.69. The standard InChI is InChI=1S/C18H19N7S3/c1-12-15(11-28-17-20-13-5-3-4-6-14(13)21-17)19-8-7-16(12)26-9-10-27-18-22-23-24-25(18)2/h3-8H,9-11H2,1-2H3,(H,20,21). The van der Waals surface area contributed by atoms with Crippen molar-refractivity contribution < 1.29 is 0 Å². The molecule has 0 bridgehead atoms. The molecule has 3 heterocycles. The number of aromatic nitrogens is 7. The van der Waals surface area contributed by atoms with Crippen LogP contribution in [-0.2, 0) is 12.8 Å². The Morgan fingerprint density at radius 2 is 1.93 bits per heavy atom. The first-order chi connectivity index (χ1) is 13.7. The van der Waals surface area contributed by atoms with E-state index in [1.54, 1.807) is 28.2 Å². The summed E-state index contributed by atoms with van der Waals surface area (Å²) in [6.07, 6.45) is 1.89. The maximum atomic E-state index is 4.63. The van der Waals surface area contributed by atoms with E-state index in [1.807, 2.05) is 49.3 Å². The van der Waals surface area contributed by atoms with Gasteiger partial charge < -0.3 is 4.98 Å². The number of nitrogens with zero attached hydrogens (tertiary/aromatic N) is 6. The van der Waals surface area contributed by atoms with Crippen molar-refractivity contribution in [2.75, 3.05) is 11.5 Å². The molecule has 1 N–H and O–H groups in total. The van der Waals surface area contributed by atoms with Gasteiger partial charge in [-0.25, -0.2) is 9.67 Å². The molecule has 10 heteroatoms. The molecule has 0 atom stereocenters. The summed E-state index contributed by atoms with van der Waals surface area (Å²) in [5.74, 6) is 2.72. The molecule has 0 fully saturated rings. The summed E-state index contributed by atoms with van der Waals surface area (Å²) in [7, 11) is 1.86. The van der Waals surface area contributed by atoms with E-state index in [0.717, 1.165) is 44.3 Å². The molecule has 0 aliphatic rings. The van der Waals surface area contributed by atoms with Crippen LogP contribution in [0.2, 0.25) is 0 Å². The van der Waals surface area contributed by atoms with Crippen molar-refractivity contribution in [1.29, 1.82) is 0 Å². The van der Waals surface area contributed by atoms with E-state index in [-0.39, 0.29) is 0 Å². The van der Waals surface area contributed by atoms with Crippen LogP contribution in [0, 0.1) is 6.92 Å². The molecule has 144 valence electrons. The van der Waals surface area contributed by atoms with Crippen molar-refractivity contribution >= 4 is 46.3 Å². The Bertz CT molecular complexity index is 1040. The first-order valence-corrected chi connectivity index (χ1v) is 11.7. The Kier molecular flexibility index (Phi) is 6.18. The molecule has 0 spiro atoms. The van der Waals surface area contributed by atoms with Crippen LogP contribution < -0.4 is 0 Å². The van der Waals surface area contributed by atoms with Crippen LogP contribution in [0.5, 0.6) is 0 Å². The third-order valence-corrected chi connectivity index (χ3v) is 7.44. The molecule has 1 aromatic carbocycles. The lowest BCUT2D eigenvalue weighted by atomic mass is 10.2. The fourth-order valence-electron chi connectivity index (χ4n) is 2.62. The molecule has 4 rings (SSSR count). The van der Waals surface area contributed by atoms with Crippen LogP contribution in [0.1, 0.15) is 11.3 Å². The highest BCUT2D eigenvalue weighted by molar-refractivity contribution is 8.02. The third kappa shape index (κ3) is 4.50. The van der Waals surface area contributed by atoms with Gasteiger partial charge in [-0.2, -0.15) is 0 Å². The van der Waals surface area contributed by atoms with Gasteiger partial charge in [0.25, 0.3) is 0 Å². The van der Waals surface area contributed by atoms with Crippen molar-refractivity contribution in [3.8, 4) is 0 Å². The van der Waals surface area contributed by atoms with Crippen LogP contribution in [0.3, 0.4) is 0 Å². The van der Waals surface area contributed by atoms with Crippen molar-refractivity contribution in [1.82, 2.24) is 35.2 Å². The number of para-hydroxylation sites is 2. The van der Waals surface area contributed by atoms with E-state index < -0.39 is 0 Å². The lowest BCUT2D eigenvalue weighted by molar-refractivity contribution is 0.665. The summed E-state index contributed by atoms with van der Waals surface area (Å²) in [4.78, 5) is 13.8. The molecular weight excluding hydrogens is 410 g/mol. The number of tetrazole rings is 1. The van der Waals surface area contributed by atoms with Gasteiger partial charge in [0, 0.05) is 35.4 Å². The van der Waals surface area contributed by atoms with Gasteiger partial charge in [-0.3, -0.25) is 4.98 Å². The minimum absolute atomic E-state index is 0.791. The largest absolute Gasteiger partial charge is 0.333 e. The number of fused-ring (bicyclic) bond motifs is 1. The molecule has 0 radical (unpaired) electrons. The molecule has 4 aromatic rings. The first kappa shape index (κ1) is 19.3. The van der Waals surface area contributed by atoms with Crippen molar-refractivity contribution in [2.45, 2.75) is 27.9 Å². The van der Waals surface area contributed by atoms with Crippen LogP contribution in [0.15, 0.2) is 51.7 Å². The maximum Gasteiger partial charge on any atom is 0.209 e. The van der Waals surface area contributed by atoms with Gasteiger partial charge in [0.15, 0.2) is 5.16 Å². The van der Waals surface area contributed by atoms with Gasteiger partial charge >= 0.3 is 0 Å². The number of H-pyrrole nitrogens is 1. The molecule has 3 aromatic heterocycles. The topological polar surface area (TPSA) is 85.2 Å². The van der Waals surface area contributed by atoms with Crippen molar-refractivity contribution in [2.24, 2.45) is 7.05 Å². The van der Waals surface area contributed by atoms with E-state index in [1.165, 1.54) is 10.5 Å². The predicted octanol–water partition coefficient (Wildman–Crippen LogP) is 3.97. The molecule has 0 saturated carbocycles. The van der Waals surface area contributed by atoms with Gasteiger partial charge in [-0.05, 0) is 41.1 Å². The molecule has 0 aliphatic heterocycles. The minimum Gasteiger partial charge on any atom is -0.333 e. The van der Waals surface area contributed by atoms with E-state index in [4.69, 9.17) is 0 Å². The van der Waals surface area contributed by atoms with E-state index >= 15 is 0 Å². The second kappa shape index (κ2) is 8.97. The summed E-state index contributed by atoms with van der Waals surface area (Å²) in [5.41, 5.74) is 4.39. The Labute approximate surface area is 175 Å². The number of benzene rings is 1. The van der Waals surface area contributed by atoms with Crippen LogP contribution in [0.25, 0.3) is 11.0 Å². The number of pyridine rings is 1. The van der Waals surface area contributed by atoms with Crippen LogP contribution >= 0.6 is 35.3 Å². The lowest BCUT2D eigenvalue weighted by Crippen LogP contribution is -1.96. The highest BCUT2D eigenvalue weighted by Gasteiger charge is 2.09. The van der Waals surface area contributed by atoms with Gasteiger partial charge in [0.2, 0.25) is 5.16 Å². The Balaban J connectivity index is 1.34. The summed E-state index contributed by atoms with van der Waals surface area (Å²) in [5, 5.41) is 13.3. The smallest absolute Gasteiger partial charge is 0.209 e. The SMILES string of the molecule is Cc1c(SCCSc2nnnn2C)ccnc1CSc1nc2ccccc2[nH]1. The predicted molar refractivity (Wildman–Crippen MR) is 115 cm³/mol. The Hall–Kier alpha value is -2.04. The van der Waals surface area contributed by atoms with Gasteiger partial charge in [0.1, 0.15) is 0 Å². The van der Waals surface area contributed by atoms with Crippen molar-refractivity contribution in [3.63, 3.8) is 0 Å². The second-order valence-electron chi connectivity index (χ2n) is 6.01. The number of hydrogen-bond donors (Lipinski definition) is 1. The summed E-state index contributed by atoms with van der Waals surface area (Å²) in [6.45, 7) is 2.14. The Morgan fingerprint density at radius 3 is 2.75 bits per heavy atom. The summed E-state index contributed by atoms with van der Waals surface area (Å²) in [6, 6.07) is 10.2. The molecule has 7 nitrogen and oxygen atoms in total. The fraction of sp³-hybridized carbons (Fsp3) is 0.278. The zero-order valence-electron chi connectivity index (χ0n) is 15.5. The molecule has 0 amide bonds. The molecule has 0 aliphatic carbocycles. The summed E-state index contributed by atoms with van der Waals surface area (Å²) >= 11 is 5.19. The lowest BCUT2D eigenvalue weighted by Gasteiger charge is -2.09. The van der Waals surface area contributed by atoms with Crippen LogP contribution in [-0.4, -0.2) is 46.7 Å². The number of aryl methyl sites for hydroxylation is 1. The highest BCUT2D eigenvalue weighted by atomic mass is 32.2. The monoisotopic (exact) mass is 429 g/mol. The molecule has 28 heavy (non-hydrogen) atoms. The van der Waals surface area contributed by atoms with Gasteiger partial charge in [-0.1, -0.05) is 35.7 Å². The average Bonchev–Trinajstić information content (AvgIpc) is 3.31. The third-order valence-electron chi connectivity index (χ3n) is 4.13. The van der Waals surface area contributed by atoms with Crippen molar-refractivity contribution in [3.05, 3.63) is 47.8 Å². The number of hydrogen-bond acceptors (Lipinski definition) is 8. The second-order valence-corrected chi connectivity index (χ2v) is 9.17. The molecule has 0 saturated heterocycles. The zero-order valence-corrected chi connectivity index (χ0v) is 17.9. The van der Waals surface area contributed by atoms with E-state index in [9.17, 15) is 0 Å². The van der Waals surface area contributed by atoms with E-state index in [0.29, 0.717) is 0 Å². The molecule has 0 unspecified atom stereocenters. The number of rotatable bonds is 8. The van der Waals surface area contributed by atoms with E-state index in [2.05, 4.69) is 43.5 Å². The number of imidazole rings is 1. The zero-order chi connectivity index (χ0) is 19.3. The fourth-order valence-corrected chi connectivity index (χ4v) is 5.41. The maximum absolute atomic E-state index is 4.63. The Morgan fingerprint density at radius 1 is 1.07 bits per heavy atom. The quantitative estimate of drug-likeness (QED) is 0.333. The highest BCUT2D eigenvalue weighted by Crippen LogP contribution is 2.29. The van der Waals surface area contributed by atoms with Crippen LogP contribution in [0.4, 0.5) is 0 Å². The van der Waals surface area contributed by atoms with Gasteiger partial charge in [-0.15, -0.1) is 16.9 Å². The first-order valence-electron chi connectivity index (χ1n) is 8.70.